The molecule has 0 aliphatic heterocycles. The molecular formula is C18H22N2O2. The maximum absolute atomic E-state index is 11.5. The highest BCUT2D eigenvalue weighted by Crippen LogP contribution is 2.24. The average Bonchev–Trinajstić information content (AvgIpc) is 2.48. The van der Waals surface area contributed by atoms with Gasteiger partial charge < -0.3 is 5.11 Å². The van der Waals surface area contributed by atoms with Gasteiger partial charge in [0.15, 0.2) is 0 Å². The van der Waals surface area contributed by atoms with Gasteiger partial charge in [-0.1, -0.05) is 45.0 Å². The molecule has 0 saturated heterocycles. The lowest BCUT2D eigenvalue weighted by molar-refractivity contribution is -0.139. The van der Waals surface area contributed by atoms with Crippen LogP contribution < -0.4 is 5.32 Å². The number of carboxylic acid groups (broad SMARTS) is 1. The van der Waals surface area contributed by atoms with Gasteiger partial charge in [-0.3, -0.25) is 15.1 Å². The van der Waals surface area contributed by atoms with Crippen LogP contribution in [-0.2, 0) is 16.8 Å². The third-order valence-corrected chi connectivity index (χ3v) is 3.62. The molecule has 0 fully saturated rings. The first kappa shape index (κ1) is 16.2. The first-order valence-corrected chi connectivity index (χ1v) is 7.33. The number of nitrogens with zero attached hydrogens (tertiary/aromatic N) is 1. The molecule has 1 unspecified atom stereocenters. The lowest BCUT2D eigenvalue weighted by atomic mass is 9.86. The first-order chi connectivity index (χ1) is 10.4. The van der Waals surface area contributed by atoms with Crippen molar-refractivity contribution in [3.63, 3.8) is 0 Å². The van der Waals surface area contributed by atoms with E-state index in [1.54, 1.807) is 12.4 Å². The molecule has 1 atom stereocenters. The minimum Gasteiger partial charge on any atom is -0.480 e. The zero-order valence-corrected chi connectivity index (χ0v) is 13.2. The second kappa shape index (κ2) is 6.71. The molecule has 22 heavy (non-hydrogen) atoms. The van der Waals surface area contributed by atoms with E-state index in [9.17, 15) is 9.90 Å². The topological polar surface area (TPSA) is 62.2 Å². The number of pyridine rings is 1. The van der Waals surface area contributed by atoms with Crippen LogP contribution in [-0.4, -0.2) is 16.1 Å². The predicted octanol–water partition coefficient (Wildman–Crippen LogP) is 3.29. The number of carboxylic acids is 1. The number of hydrogen-bond donors (Lipinski definition) is 2. The third kappa shape index (κ3) is 4.15. The molecular weight excluding hydrogens is 276 g/mol. The van der Waals surface area contributed by atoms with Crippen molar-refractivity contribution in [1.29, 1.82) is 0 Å². The summed E-state index contributed by atoms with van der Waals surface area (Å²) >= 11 is 0. The molecule has 0 bridgehead atoms. The van der Waals surface area contributed by atoms with Crippen molar-refractivity contribution >= 4 is 5.97 Å². The Hall–Kier alpha value is -2.20. The van der Waals surface area contributed by atoms with E-state index in [0.29, 0.717) is 6.54 Å². The Morgan fingerprint density at radius 3 is 2.23 bits per heavy atom. The molecule has 2 rings (SSSR count). The first-order valence-electron chi connectivity index (χ1n) is 7.33. The highest BCUT2D eigenvalue weighted by atomic mass is 16.4. The standard InChI is InChI=1S/C18H22N2O2/c1-18(2,3)15-6-4-14(5-7-15)16(17(21)22)20-12-13-8-10-19-11-9-13/h4-11,16,20H,12H2,1-3H3,(H,21,22). The summed E-state index contributed by atoms with van der Waals surface area (Å²) in [5, 5.41) is 12.5. The van der Waals surface area contributed by atoms with E-state index >= 15 is 0 Å². The quantitative estimate of drug-likeness (QED) is 0.889. The highest BCUT2D eigenvalue weighted by molar-refractivity contribution is 5.75. The van der Waals surface area contributed by atoms with Gasteiger partial charge in [0.25, 0.3) is 0 Å². The van der Waals surface area contributed by atoms with Crippen LogP contribution in [0.15, 0.2) is 48.8 Å². The van der Waals surface area contributed by atoms with Crippen LogP contribution in [0.5, 0.6) is 0 Å². The minimum atomic E-state index is -0.877. The monoisotopic (exact) mass is 298 g/mol. The van der Waals surface area contributed by atoms with Gasteiger partial charge in [0.05, 0.1) is 0 Å². The van der Waals surface area contributed by atoms with Gasteiger partial charge in [-0.25, -0.2) is 0 Å². The number of benzene rings is 1. The van der Waals surface area contributed by atoms with E-state index in [1.807, 2.05) is 36.4 Å². The molecule has 1 heterocycles. The lowest BCUT2D eigenvalue weighted by Gasteiger charge is -2.21. The normalized spacial score (nSPS) is 12.9. The van der Waals surface area contributed by atoms with Gasteiger partial charge in [0.1, 0.15) is 6.04 Å². The van der Waals surface area contributed by atoms with Gasteiger partial charge >= 0.3 is 5.97 Å². The van der Waals surface area contributed by atoms with E-state index in [0.717, 1.165) is 11.1 Å². The third-order valence-electron chi connectivity index (χ3n) is 3.62. The summed E-state index contributed by atoms with van der Waals surface area (Å²) in [5.74, 6) is -0.877. The average molecular weight is 298 g/mol. The Balaban J connectivity index is 2.13. The van der Waals surface area contributed by atoms with Crippen LogP contribution >= 0.6 is 0 Å². The number of rotatable bonds is 5. The number of aliphatic carboxylic acids is 1. The number of carbonyl (C=O) groups is 1. The summed E-state index contributed by atoms with van der Waals surface area (Å²) in [5.41, 5.74) is 3.01. The molecule has 0 aliphatic carbocycles. The fraction of sp³-hybridized carbons (Fsp3) is 0.333. The highest BCUT2D eigenvalue weighted by Gasteiger charge is 2.20. The number of aromatic nitrogens is 1. The fourth-order valence-corrected chi connectivity index (χ4v) is 2.24. The van der Waals surface area contributed by atoms with E-state index < -0.39 is 12.0 Å². The Morgan fingerprint density at radius 1 is 1.14 bits per heavy atom. The van der Waals surface area contributed by atoms with Gasteiger partial charge in [0, 0.05) is 18.9 Å². The van der Waals surface area contributed by atoms with Crippen molar-refractivity contribution in [2.75, 3.05) is 0 Å². The Bertz CT molecular complexity index is 616. The molecule has 1 aromatic heterocycles. The maximum Gasteiger partial charge on any atom is 0.325 e. The molecule has 2 aromatic rings. The van der Waals surface area contributed by atoms with E-state index in [-0.39, 0.29) is 5.41 Å². The SMILES string of the molecule is CC(C)(C)c1ccc(C(NCc2ccncc2)C(=O)O)cc1. The summed E-state index contributed by atoms with van der Waals surface area (Å²) in [4.78, 5) is 15.5. The van der Waals surface area contributed by atoms with Crippen LogP contribution in [0.1, 0.15) is 43.5 Å². The van der Waals surface area contributed by atoms with E-state index in [2.05, 4.69) is 31.1 Å². The molecule has 1 aromatic carbocycles. The van der Waals surface area contributed by atoms with Crippen LogP contribution in [0.2, 0.25) is 0 Å². The fourth-order valence-electron chi connectivity index (χ4n) is 2.24. The van der Waals surface area contributed by atoms with Crippen molar-refractivity contribution in [1.82, 2.24) is 10.3 Å². The van der Waals surface area contributed by atoms with Crippen molar-refractivity contribution in [2.45, 2.75) is 38.8 Å². The van der Waals surface area contributed by atoms with E-state index in [1.165, 1.54) is 5.56 Å². The molecule has 4 heteroatoms. The van der Waals surface area contributed by atoms with E-state index in [4.69, 9.17) is 0 Å². The summed E-state index contributed by atoms with van der Waals surface area (Å²) in [6.45, 7) is 6.90. The Labute approximate surface area is 131 Å². The Morgan fingerprint density at radius 2 is 1.73 bits per heavy atom. The molecule has 2 N–H and O–H groups in total. The van der Waals surface area contributed by atoms with Crippen LogP contribution in [0.3, 0.4) is 0 Å². The largest absolute Gasteiger partial charge is 0.480 e. The molecule has 0 amide bonds. The summed E-state index contributed by atoms with van der Waals surface area (Å²) < 4.78 is 0. The number of nitrogens with one attached hydrogen (secondary N) is 1. The van der Waals surface area contributed by atoms with Crippen molar-refractivity contribution in [3.05, 3.63) is 65.5 Å². The summed E-state index contributed by atoms with van der Waals surface area (Å²) in [6.07, 6.45) is 3.40. The second-order valence-electron chi connectivity index (χ2n) is 6.38. The molecule has 0 spiro atoms. The lowest BCUT2D eigenvalue weighted by Crippen LogP contribution is -2.28. The van der Waals surface area contributed by atoms with Gasteiger partial charge in [-0.15, -0.1) is 0 Å². The number of hydrogen-bond acceptors (Lipinski definition) is 3. The molecule has 116 valence electrons. The molecule has 0 saturated carbocycles. The van der Waals surface area contributed by atoms with Crippen molar-refractivity contribution < 1.29 is 9.90 Å². The van der Waals surface area contributed by atoms with Crippen LogP contribution in [0, 0.1) is 0 Å². The van der Waals surface area contributed by atoms with Gasteiger partial charge in [0.2, 0.25) is 0 Å². The van der Waals surface area contributed by atoms with Gasteiger partial charge in [-0.2, -0.15) is 0 Å². The molecule has 0 radical (unpaired) electrons. The smallest absolute Gasteiger partial charge is 0.325 e. The predicted molar refractivity (Wildman–Crippen MR) is 86.6 cm³/mol. The second-order valence-corrected chi connectivity index (χ2v) is 6.38. The zero-order valence-electron chi connectivity index (χ0n) is 13.2. The van der Waals surface area contributed by atoms with Crippen LogP contribution in [0.4, 0.5) is 0 Å². The zero-order chi connectivity index (χ0) is 16.2. The molecule has 4 nitrogen and oxygen atoms in total. The summed E-state index contributed by atoms with van der Waals surface area (Å²) in [6, 6.07) is 10.8. The van der Waals surface area contributed by atoms with Gasteiger partial charge in [-0.05, 0) is 34.2 Å². The van der Waals surface area contributed by atoms with Crippen LogP contribution in [0.25, 0.3) is 0 Å². The minimum absolute atomic E-state index is 0.0573. The van der Waals surface area contributed by atoms with Crippen molar-refractivity contribution in [2.24, 2.45) is 0 Å². The summed E-state index contributed by atoms with van der Waals surface area (Å²) in [7, 11) is 0. The molecule has 0 aliphatic rings. The van der Waals surface area contributed by atoms with Crippen molar-refractivity contribution in [3.8, 4) is 0 Å². The maximum atomic E-state index is 11.5. The Kier molecular flexibility index (Phi) is 4.93.